The zero-order valence-corrected chi connectivity index (χ0v) is 15.7. The van der Waals surface area contributed by atoms with E-state index in [1.54, 1.807) is 0 Å². The minimum atomic E-state index is -0.484. The summed E-state index contributed by atoms with van der Waals surface area (Å²) in [6.07, 6.45) is 7.77. The van der Waals surface area contributed by atoms with Crippen molar-refractivity contribution < 1.29 is 19.1 Å². The first kappa shape index (κ1) is 21.9. The lowest BCUT2D eigenvalue weighted by atomic mass is 9.96. The molecule has 0 fully saturated rings. The third-order valence-electron chi connectivity index (χ3n) is 3.88. The van der Waals surface area contributed by atoms with Crippen LogP contribution in [-0.4, -0.2) is 24.6 Å². The van der Waals surface area contributed by atoms with E-state index in [1.807, 2.05) is 27.7 Å². The molecule has 0 amide bonds. The highest BCUT2D eigenvalue weighted by atomic mass is 16.6. The van der Waals surface area contributed by atoms with Gasteiger partial charge in [0.2, 0.25) is 0 Å². The minimum absolute atomic E-state index is 0.154. The molecular formula is C19H36O4. The predicted molar refractivity (Wildman–Crippen MR) is 93.1 cm³/mol. The van der Waals surface area contributed by atoms with Gasteiger partial charge in [0.25, 0.3) is 0 Å². The molecule has 4 nitrogen and oxygen atoms in total. The maximum Gasteiger partial charge on any atom is 0.317 e. The van der Waals surface area contributed by atoms with Crippen molar-refractivity contribution in [2.24, 2.45) is 11.8 Å². The lowest BCUT2D eigenvalue weighted by Crippen LogP contribution is -2.29. The van der Waals surface area contributed by atoms with E-state index in [0.29, 0.717) is 6.61 Å². The summed E-state index contributed by atoms with van der Waals surface area (Å²) in [6.45, 7) is 10.6. The molecule has 4 heteroatoms. The van der Waals surface area contributed by atoms with Crippen molar-refractivity contribution in [3.8, 4) is 0 Å². The van der Waals surface area contributed by atoms with Gasteiger partial charge in [0.05, 0.1) is 6.61 Å². The van der Waals surface area contributed by atoms with Gasteiger partial charge in [0.15, 0.2) is 0 Å². The molecule has 0 aromatic rings. The summed E-state index contributed by atoms with van der Waals surface area (Å²) in [5, 5.41) is 0. The van der Waals surface area contributed by atoms with E-state index in [4.69, 9.17) is 9.47 Å². The van der Waals surface area contributed by atoms with Gasteiger partial charge < -0.3 is 9.47 Å². The summed E-state index contributed by atoms with van der Waals surface area (Å²) in [5.74, 6) is -0.487. The molecule has 0 saturated heterocycles. The fourth-order valence-electron chi connectivity index (χ4n) is 2.65. The van der Waals surface area contributed by atoms with Gasteiger partial charge in [-0.15, -0.1) is 0 Å². The van der Waals surface area contributed by atoms with Crippen LogP contribution in [0.4, 0.5) is 0 Å². The van der Waals surface area contributed by atoms with E-state index >= 15 is 0 Å². The SMILES string of the molecule is CCCCCCCCCOC(=O)CC(=O)OC(C(C)C)C(C)C. The average molecular weight is 328 g/mol. The van der Waals surface area contributed by atoms with Crippen LogP contribution in [0.5, 0.6) is 0 Å². The largest absolute Gasteiger partial charge is 0.465 e. The summed E-state index contributed by atoms with van der Waals surface area (Å²) in [4.78, 5) is 23.4. The van der Waals surface area contributed by atoms with Crippen molar-refractivity contribution in [1.82, 2.24) is 0 Å². The molecule has 0 bridgehead atoms. The van der Waals surface area contributed by atoms with Gasteiger partial charge in [-0.3, -0.25) is 9.59 Å². The van der Waals surface area contributed by atoms with E-state index in [1.165, 1.54) is 32.1 Å². The molecule has 0 spiro atoms. The van der Waals surface area contributed by atoms with Crippen LogP contribution in [0.25, 0.3) is 0 Å². The predicted octanol–water partition coefficient (Wildman–Crippen LogP) is 4.89. The molecule has 0 atom stereocenters. The maximum absolute atomic E-state index is 11.8. The summed E-state index contributed by atoms with van der Waals surface area (Å²) >= 11 is 0. The highest BCUT2D eigenvalue weighted by Crippen LogP contribution is 2.17. The van der Waals surface area contributed by atoms with Crippen LogP contribution >= 0.6 is 0 Å². The molecule has 0 rings (SSSR count). The van der Waals surface area contributed by atoms with Crippen LogP contribution in [-0.2, 0) is 19.1 Å². The van der Waals surface area contributed by atoms with Crippen molar-refractivity contribution in [1.29, 1.82) is 0 Å². The third-order valence-corrected chi connectivity index (χ3v) is 3.88. The number of carbonyl (C=O) groups excluding carboxylic acids is 2. The Bertz CT molecular complexity index is 315. The molecule has 0 aliphatic carbocycles. The summed E-state index contributed by atoms with van der Waals surface area (Å²) < 4.78 is 10.5. The number of ether oxygens (including phenoxy) is 2. The van der Waals surface area contributed by atoms with Gasteiger partial charge in [-0.2, -0.15) is 0 Å². The molecule has 0 N–H and O–H groups in total. The Morgan fingerprint density at radius 1 is 0.783 bits per heavy atom. The number of esters is 2. The van der Waals surface area contributed by atoms with Crippen molar-refractivity contribution in [3.05, 3.63) is 0 Å². The van der Waals surface area contributed by atoms with Crippen molar-refractivity contribution in [2.45, 2.75) is 92.1 Å². The van der Waals surface area contributed by atoms with Crippen molar-refractivity contribution in [2.75, 3.05) is 6.61 Å². The highest BCUT2D eigenvalue weighted by molar-refractivity contribution is 5.91. The Hall–Kier alpha value is -1.06. The van der Waals surface area contributed by atoms with Gasteiger partial charge in [0, 0.05) is 0 Å². The Morgan fingerprint density at radius 3 is 1.83 bits per heavy atom. The molecule has 0 aliphatic heterocycles. The summed E-state index contributed by atoms with van der Waals surface area (Å²) in [5.41, 5.74) is 0. The standard InChI is InChI=1S/C19H36O4/c1-6-7-8-9-10-11-12-13-22-17(20)14-18(21)23-19(15(2)3)16(4)5/h15-16,19H,6-14H2,1-5H3. The minimum Gasteiger partial charge on any atom is -0.465 e. The second kappa shape index (κ2) is 13.4. The van der Waals surface area contributed by atoms with Crippen LogP contribution in [0.2, 0.25) is 0 Å². The number of hydrogen-bond acceptors (Lipinski definition) is 4. The van der Waals surface area contributed by atoms with Crippen LogP contribution in [0.1, 0.15) is 86.0 Å². The van der Waals surface area contributed by atoms with Crippen LogP contribution in [0, 0.1) is 11.8 Å². The molecule has 0 saturated carbocycles. The van der Waals surface area contributed by atoms with E-state index in [2.05, 4.69) is 6.92 Å². The lowest BCUT2D eigenvalue weighted by molar-refractivity contribution is -0.161. The molecule has 0 unspecified atom stereocenters. The molecule has 0 radical (unpaired) electrons. The molecule has 0 heterocycles. The molecule has 0 aromatic heterocycles. The average Bonchev–Trinajstić information content (AvgIpc) is 2.46. The summed E-state index contributed by atoms with van der Waals surface area (Å²) in [7, 11) is 0. The number of hydrogen-bond donors (Lipinski definition) is 0. The van der Waals surface area contributed by atoms with Gasteiger partial charge in [-0.25, -0.2) is 0 Å². The fourth-order valence-corrected chi connectivity index (χ4v) is 2.65. The topological polar surface area (TPSA) is 52.6 Å². The second-order valence-electron chi connectivity index (χ2n) is 6.96. The van der Waals surface area contributed by atoms with Crippen molar-refractivity contribution >= 4 is 11.9 Å². The Kier molecular flexibility index (Phi) is 12.8. The van der Waals surface area contributed by atoms with Crippen molar-refractivity contribution in [3.63, 3.8) is 0 Å². The first-order valence-corrected chi connectivity index (χ1v) is 9.23. The van der Waals surface area contributed by atoms with Crippen LogP contribution in [0.15, 0.2) is 0 Å². The van der Waals surface area contributed by atoms with E-state index in [-0.39, 0.29) is 24.4 Å². The molecule has 23 heavy (non-hydrogen) atoms. The van der Waals surface area contributed by atoms with E-state index in [0.717, 1.165) is 12.8 Å². The Balaban J connectivity index is 3.74. The normalized spacial score (nSPS) is 11.3. The quantitative estimate of drug-likeness (QED) is 0.274. The number of carbonyl (C=O) groups is 2. The maximum atomic E-state index is 11.8. The zero-order chi connectivity index (χ0) is 17.7. The Labute approximate surface area is 142 Å². The molecule has 136 valence electrons. The fraction of sp³-hybridized carbons (Fsp3) is 0.895. The number of rotatable bonds is 13. The highest BCUT2D eigenvalue weighted by Gasteiger charge is 2.23. The third kappa shape index (κ3) is 12.1. The molecular weight excluding hydrogens is 292 g/mol. The first-order chi connectivity index (χ1) is 10.9. The molecule has 0 aromatic carbocycles. The lowest BCUT2D eigenvalue weighted by Gasteiger charge is -2.24. The number of unbranched alkanes of at least 4 members (excludes halogenated alkanes) is 6. The molecule has 0 aliphatic rings. The van der Waals surface area contributed by atoms with E-state index < -0.39 is 11.9 Å². The van der Waals surface area contributed by atoms with Gasteiger partial charge >= 0.3 is 11.9 Å². The second-order valence-corrected chi connectivity index (χ2v) is 6.96. The first-order valence-electron chi connectivity index (χ1n) is 9.23. The monoisotopic (exact) mass is 328 g/mol. The van der Waals surface area contributed by atoms with Gasteiger partial charge in [-0.1, -0.05) is 73.1 Å². The smallest absolute Gasteiger partial charge is 0.317 e. The van der Waals surface area contributed by atoms with Gasteiger partial charge in [0.1, 0.15) is 12.5 Å². The van der Waals surface area contributed by atoms with Crippen LogP contribution in [0.3, 0.4) is 0 Å². The summed E-state index contributed by atoms with van der Waals surface area (Å²) in [6, 6.07) is 0. The van der Waals surface area contributed by atoms with E-state index in [9.17, 15) is 9.59 Å². The van der Waals surface area contributed by atoms with Gasteiger partial charge in [-0.05, 0) is 18.3 Å². The Morgan fingerprint density at radius 2 is 1.30 bits per heavy atom. The zero-order valence-electron chi connectivity index (χ0n) is 15.7. The van der Waals surface area contributed by atoms with Crippen LogP contribution < -0.4 is 0 Å².